The van der Waals surface area contributed by atoms with Gasteiger partial charge < -0.3 is 15.2 Å². The van der Waals surface area contributed by atoms with Gasteiger partial charge in [0.1, 0.15) is 0 Å². The molecule has 1 aliphatic heterocycles. The van der Waals surface area contributed by atoms with Gasteiger partial charge in [0.2, 0.25) is 5.91 Å². The van der Waals surface area contributed by atoms with E-state index in [0.29, 0.717) is 18.4 Å². The van der Waals surface area contributed by atoms with Crippen LogP contribution >= 0.6 is 0 Å². The van der Waals surface area contributed by atoms with Crippen LogP contribution in [0.5, 0.6) is 0 Å². The molecule has 0 spiro atoms. The van der Waals surface area contributed by atoms with Crippen molar-refractivity contribution in [3.8, 4) is 0 Å². The summed E-state index contributed by atoms with van der Waals surface area (Å²) in [6.07, 6.45) is 1.11. The normalized spacial score (nSPS) is 13.3. The number of amides is 2. The van der Waals surface area contributed by atoms with Crippen LogP contribution in [0.25, 0.3) is 21.8 Å². The second kappa shape index (κ2) is 6.78. The van der Waals surface area contributed by atoms with Gasteiger partial charge in [-0.2, -0.15) is 0 Å². The molecule has 29 heavy (non-hydrogen) atoms. The Morgan fingerprint density at radius 2 is 1.83 bits per heavy atom. The van der Waals surface area contributed by atoms with Crippen LogP contribution in [0.3, 0.4) is 0 Å². The largest absolute Gasteiger partial charge is 0.341 e. The van der Waals surface area contributed by atoms with Crippen molar-refractivity contribution >= 4 is 45.0 Å². The number of benzene rings is 3. The summed E-state index contributed by atoms with van der Waals surface area (Å²) in [7, 11) is 0. The Labute approximate surface area is 168 Å². The third-order valence-electron chi connectivity index (χ3n) is 5.61. The zero-order chi connectivity index (χ0) is 20.0. The molecule has 0 radical (unpaired) electrons. The molecular weight excluding hydrogens is 362 g/mol. The molecule has 2 N–H and O–H groups in total. The fraction of sp³-hybridized carbons (Fsp3) is 0.167. The number of nitrogens with one attached hydrogen (secondary N) is 2. The number of anilines is 2. The molecule has 0 saturated carbocycles. The van der Waals surface area contributed by atoms with E-state index in [4.69, 9.17) is 0 Å². The van der Waals surface area contributed by atoms with Crippen molar-refractivity contribution < 1.29 is 9.59 Å². The summed E-state index contributed by atoms with van der Waals surface area (Å²) in [6, 6.07) is 19.8. The number of nitrogens with zero attached hydrogens (tertiary/aromatic N) is 1. The molecule has 0 fully saturated rings. The van der Waals surface area contributed by atoms with Crippen LogP contribution in [-0.4, -0.2) is 16.4 Å². The van der Waals surface area contributed by atoms with Crippen molar-refractivity contribution in [3.05, 3.63) is 71.8 Å². The SMILES string of the molecule is CCn1c2ccccc2c2cc(NC(=O)c3ccc4c(c3)CCC(=O)N4)ccc21. The van der Waals surface area contributed by atoms with Crippen molar-refractivity contribution in [1.82, 2.24) is 4.57 Å². The summed E-state index contributed by atoms with van der Waals surface area (Å²) in [6.45, 7) is 3.03. The maximum atomic E-state index is 12.8. The number of carbonyl (C=O) groups excluding carboxylic acids is 2. The summed E-state index contributed by atoms with van der Waals surface area (Å²) in [5, 5.41) is 8.19. The zero-order valence-electron chi connectivity index (χ0n) is 16.2. The number of hydrogen-bond donors (Lipinski definition) is 2. The third kappa shape index (κ3) is 2.95. The van der Waals surface area contributed by atoms with E-state index in [1.165, 1.54) is 10.9 Å². The van der Waals surface area contributed by atoms with Gasteiger partial charge in [-0.3, -0.25) is 9.59 Å². The first-order chi connectivity index (χ1) is 14.1. The second-order valence-electron chi connectivity index (χ2n) is 7.37. The van der Waals surface area contributed by atoms with Gasteiger partial charge in [-0.05, 0) is 61.4 Å². The molecule has 0 saturated heterocycles. The molecule has 3 aromatic carbocycles. The van der Waals surface area contributed by atoms with Gasteiger partial charge in [-0.25, -0.2) is 0 Å². The molecule has 0 bridgehead atoms. The maximum Gasteiger partial charge on any atom is 0.255 e. The second-order valence-corrected chi connectivity index (χ2v) is 7.37. The van der Waals surface area contributed by atoms with E-state index in [0.717, 1.165) is 34.4 Å². The number of rotatable bonds is 3. The average Bonchev–Trinajstić information content (AvgIpc) is 3.06. The van der Waals surface area contributed by atoms with Gasteiger partial charge >= 0.3 is 0 Å². The van der Waals surface area contributed by atoms with E-state index in [-0.39, 0.29) is 11.8 Å². The predicted octanol–water partition coefficient (Wildman–Crippen LogP) is 4.95. The summed E-state index contributed by atoms with van der Waals surface area (Å²) in [5.74, 6) is -0.127. The van der Waals surface area contributed by atoms with Crippen LogP contribution in [0.4, 0.5) is 11.4 Å². The van der Waals surface area contributed by atoms with Crippen LogP contribution in [0.15, 0.2) is 60.7 Å². The van der Waals surface area contributed by atoms with E-state index in [1.807, 2.05) is 24.3 Å². The van der Waals surface area contributed by atoms with Gasteiger partial charge in [0.05, 0.1) is 0 Å². The summed E-state index contributed by atoms with van der Waals surface area (Å²) < 4.78 is 2.29. The Bertz CT molecular complexity index is 1290. The molecule has 4 aromatic rings. The van der Waals surface area contributed by atoms with Crippen LogP contribution in [0.2, 0.25) is 0 Å². The van der Waals surface area contributed by atoms with Crippen LogP contribution in [0, 0.1) is 0 Å². The third-order valence-corrected chi connectivity index (χ3v) is 5.61. The quantitative estimate of drug-likeness (QED) is 0.526. The topological polar surface area (TPSA) is 63.1 Å². The van der Waals surface area contributed by atoms with Crippen molar-refractivity contribution in [1.29, 1.82) is 0 Å². The predicted molar refractivity (Wildman–Crippen MR) is 116 cm³/mol. The lowest BCUT2D eigenvalue weighted by Crippen LogP contribution is -2.20. The lowest BCUT2D eigenvalue weighted by atomic mass is 10.00. The van der Waals surface area contributed by atoms with Gasteiger partial charge in [-0.1, -0.05) is 18.2 Å². The van der Waals surface area contributed by atoms with Gasteiger partial charge in [0.25, 0.3) is 5.91 Å². The lowest BCUT2D eigenvalue weighted by molar-refractivity contribution is -0.116. The van der Waals surface area contributed by atoms with Gasteiger partial charge in [0, 0.05) is 51.7 Å². The minimum absolute atomic E-state index is 0.0225. The number of hydrogen-bond acceptors (Lipinski definition) is 2. The van der Waals surface area contributed by atoms with Crippen LogP contribution in [0.1, 0.15) is 29.3 Å². The maximum absolute atomic E-state index is 12.8. The van der Waals surface area contributed by atoms with Crippen molar-refractivity contribution in [2.75, 3.05) is 10.6 Å². The first-order valence-corrected chi connectivity index (χ1v) is 9.89. The minimum Gasteiger partial charge on any atom is -0.341 e. The molecule has 5 rings (SSSR count). The van der Waals surface area contributed by atoms with Crippen LogP contribution < -0.4 is 10.6 Å². The molecule has 144 valence electrons. The highest BCUT2D eigenvalue weighted by Gasteiger charge is 2.17. The van der Waals surface area contributed by atoms with E-state index >= 15 is 0 Å². The summed E-state index contributed by atoms with van der Waals surface area (Å²) in [5.41, 5.74) is 5.52. The molecule has 2 amide bonds. The highest BCUT2D eigenvalue weighted by Crippen LogP contribution is 2.31. The number of aromatic nitrogens is 1. The Morgan fingerprint density at radius 1 is 1.00 bits per heavy atom. The number of aryl methyl sites for hydroxylation is 2. The average molecular weight is 383 g/mol. The lowest BCUT2D eigenvalue weighted by Gasteiger charge is -2.17. The van der Waals surface area contributed by atoms with E-state index in [9.17, 15) is 9.59 Å². The Morgan fingerprint density at radius 3 is 2.69 bits per heavy atom. The van der Waals surface area contributed by atoms with Gasteiger partial charge in [-0.15, -0.1) is 0 Å². The van der Waals surface area contributed by atoms with Gasteiger partial charge in [0.15, 0.2) is 0 Å². The zero-order valence-corrected chi connectivity index (χ0v) is 16.2. The van der Waals surface area contributed by atoms with Crippen LogP contribution in [-0.2, 0) is 17.8 Å². The highest BCUT2D eigenvalue weighted by molar-refractivity contribution is 6.11. The summed E-state index contributed by atoms with van der Waals surface area (Å²) >= 11 is 0. The molecule has 5 heteroatoms. The number of para-hydroxylation sites is 1. The molecule has 2 heterocycles. The molecular formula is C24H21N3O2. The Hall–Kier alpha value is -3.60. The van der Waals surface area contributed by atoms with E-state index in [2.05, 4.69) is 46.4 Å². The molecule has 0 unspecified atom stereocenters. The monoisotopic (exact) mass is 383 g/mol. The fourth-order valence-electron chi connectivity index (χ4n) is 4.20. The fourth-order valence-corrected chi connectivity index (χ4v) is 4.20. The van der Waals surface area contributed by atoms with E-state index < -0.39 is 0 Å². The van der Waals surface area contributed by atoms with Crippen molar-refractivity contribution in [3.63, 3.8) is 0 Å². The Balaban J connectivity index is 1.48. The van der Waals surface area contributed by atoms with Crippen molar-refractivity contribution in [2.45, 2.75) is 26.3 Å². The molecule has 0 aliphatic carbocycles. The summed E-state index contributed by atoms with van der Waals surface area (Å²) in [4.78, 5) is 24.3. The van der Waals surface area contributed by atoms with E-state index in [1.54, 1.807) is 12.1 Å². The molecule has 1 aromatic heterocycles. The van der Waals surface area contributed by atoms with Crippen molar-refractivity contribution in [2.24, 2.45) is 0 Å². The smallest absolute Gasteiger partial charge is 0.255 e. The first-order valence-electron chi connectivity index (χ1n) is 9.89. The first kappa shape index (κ1) is 17.5. The standard InChI is InChI=1S/C24H21N3O2/c1-2-27-21-6-4-3-5-18(21)19-14-17(9-11-22(19)27)25-24(29)16-7-10-20-15(13-16)8-12-23(28)26-20/h3-7,9-11,13-14H,2,8,12H2,1H3,(H,25,29)(H,26,28). The minimum atomic E-state index is -0.150. The number of carbonyl (C=O) groups is 2. The molecule has 0 atom stereocenters. The number of fused-ring (bicyclic) bond motifs is 4. The highest BCUT2D eigenvalue weighted by atomic mass is 16.2. The Kier molecular flexibility index (Phi) is 4.09. The molecule has 5 nitrogen and oxygen atoms in total. The molecule has 1 aliphatic rings.